The van der Waals surface area contributed by atoms with Gasteiger partial charge in [0.25, 0.3) is 0 Å². The Balaban J connectivity index is 4.23. The third-order valence-corrected chi connectivity index (χ3v) is 4.08. The van der Waals surface area contributed by atoms with E-state index in [9.17, 15) is 9.90 Å². The van der Waals surface area contributed by atoms with E-state index >= 15 is 0 Å². The molecule has 0 bridgehead atoms. The molecule has 4 nitrogen and oxygen atoms in total. The van der Waals surface area contributed by atoms with Gasteiger partial charge in [0, 0.05) is 6.04 Å². The maximum atomic E-state index is 11.4. The molecule has 0 rings (SSSR count). The Morgan fingerprint density at radius 2 is 1.95 bits per heavy atom. The molecule has 0 amide bonds. The molecular weight excluding hydrogens is 240 g/mol. The summed E-state index contributed by atoms with van der Waals surface area (Å²) < 4.78 is 0. The lowest BCUT2D eigenvalue weighted by Gasteiger charge is -2.30. The molecule has 0 radical (unpaired) electrons. The Bertz CT molecular complexity index is 269. The smallest absolute Gasteiger partial charge is 0.323 e. The summed E-state index contributed by atoms with van der Waals surface area (Å²) in [6, 6.07) is 0.527. The van der Waals surface area contributed by atoms with Crippen molar-refractivity contribution in [1.29, 1.82) is 0 Å². The summed E-state index contributed by atoms with van der Waals surface area (Å²) in [5, 5.41) is 12.5. The minimum Gasteiger partial charge on any atom is -0.480 e. The minimum atomic E-state index is -0.794. The molecule has 0 fully saturated rings. The number of hydrogen-bond acceptors (Lipinski definition) is 3. The second-order valence-corrected chi connectivity index (χ2v) is 6.13. The first-order valence-corrected chi connectivity index (χ1v) is 7.43. The fourth-order valence-electron chi connectivity index (χ4n) is 2.07. The molecule has 19 heavy (non-hydrogen) atoms. The van der Waals surface area contributed by atoms with Gasteiger partial charge in [-0.15, -0.1) is 0 Å². The van der Waals surface area contributed by atoms with Crippen LogP contribution in [0.5, 0.6) is 0 Å². The number of rotatable bonds is 10. The molecule has 0 aliphatic carbocycles. The van der Waals surface area contributed by atoms with Crippen LogP contribution < -0.4 is 5.32 Å². The van der Waals surface area contributed by atoms with E-state index in [1.807, 2.05) is 6.92 Å². The highest BCUT2D eigenvalue weighted by atomic mass is 16.4. The average Bonchev–Trinajstić information content (AvgIpc) is 2.34. The van der Waals surface area contributed by atoms with E-state index in [1.165, 1.54) is 0 Å². The van der Waals surface area contributed by atoms with E-state index < -0.39 is 11.5 Å². The largest absolute Gasteiger partial charge is 0.480 e. The molecule has 0 aliphatic heterocycles. The van der Waals surface area contributed by atoms with E-state index in [0.717, 1.165) is 25.9 Å². The first kappa shape index (κ1) is 18.4. The van der Waals surface area contributed by atoms with Gasteiger partial charge in [-0.1, -0.05) is 20.8 Å². The van der Waals surface area contributed by atoms with Crippen molar-refractivity contribution in [3.8, 4) is 0 Å². The monoisotopic (exact) mass is 272 g/mol. The lowest BCUT2D eigenvalue weighted by Crippen LogP contribution is -2.50. The van der Waals surface area contributed by atoms with Crippen molar-refractivity contribution in [3.63, 3.8) is 0 Å². The predicted molar refractivity (Wildman–Crippen MR) is 80.5 cm³/mol. The zero-order valence-electron chi connectivity index (χ0n) is 13.5. The summed E-state index contributed by atoms with van der Waals surface area (Å²) in [5.41, 5.74) is -0.794. The zero-order chi connectivity index (χ0) is 15.1. The highest BCUT2D eigenvalue weighted by Crippen LogP contribution is 2.15. The van der Waals surface area contributed by atoms with Crippen molar-refractivity contribution in [2.75, 3.05) is 20.1 Å². The Hall–Kier alpha value is -0.610. The van der Waals surface area contributed by atoms with Crippen molar-refractivity contribution in [2.24, 2.45) is 5.92 Å². The second kappa shape index (κ2) is 8.54. The number of nitrogens with one attached hydrogen (secondary N) is 1. The summed E-state index contributed by atoms with van der Waals surface area (Å²) in [4.78, 5) is 13.7. The Morgan fingerprint density at radius 1 is 1.37 bits per heavy atom. The van der Waals surface area contributed by atoms with Gasteiger partial charge in [0.2, 0.25) is 0 Å². The molecule has 114 valence electrons. The lowest BCUT2D eigenvalue weighted by atomic mass is 9.95. The van der Waals surface area contributed by atoms with Crippen LogP contribution in [0, 0.1) is 5.92 Å². The molecule has 2 unspecified atom stereocenters. The first-order chi connectivity index (χ1) is 8.74. The molecule has 0 aliphatic rings. The van der Waals surface area contributed by atoms with Gasteiger partial charge in [-0.3, -0.25) is 4.79 Å². The number of aliphatic carboxylic acids is 1. The Kier molecular flexibility index (Phi) is 8.26. The number of carboxylic acids is 1. The molecule has 0 aromatic rings. The van der Waals surface area contributed by atoms with Crippen LogP contribution in [0.3, 0.4) is 0 Å². The van der Waals surface area contributed by atoms with Crippen LogP contribution in [0.25, 0.3) is 0 Å². The summed E-state index contributed by atoms with van der Waals surface area (Å²) in [6.07, 6.45) is 2.51. The standard InChI is InChI=1S/C15H32N2O2/c1-7-10-16-15(5,14(18)19)9-8-11-17(6)13(4)12(2)3/h12-13,16H,7-11H2,1-6H3,(H,18,19). The quantitative estimate of drug-likeness (QED) is 0.642. The zero-order valence-corrected chi connectivity index (χ0v) is 13.5. The van der Waals surface area contributed by atoms with Gasteiger partial charge in [0.1, 0.15) is 5.54 Å². The maximum absolute atomic E-state index is 11.4. The van der Waals surface area contributed by atoms with Crippen LogP contribution in [-0.4, -0.2) is 47.7 Å². The molecule has 0 heterocycles. The summed E-state index contributed by atoms with van der Waals surface area (Å²) >= 11 is 0. The molecule has 0 saturated carbocycles. The highest BCUT2D eigenvalue weighted by Gasteiger charge is 2.31. The van der Waals surface area contributed by atoms with E-state index in [2.05, 4.69) is 38.0 Å². The van der Waals surface area contributed by atoms with Gasteiger partial charge in [-0.2, -0.15) is 0 Å². The fourth-order valence-corrected chi connectivity index (χ4v) is 2.07. The topological polar surface area (TPSA) is 52.6 Å². The van der Waals surface area contributed by atoms with Crippen LogP contribution in [0.1, 0.15) is 53.9 Å². The number of nitrogens with zero attached hydrogens (tertiary/aromatic N) is 1. The van der Waals surface area contributed by atoms with E-state index in [1.54, 1.807) is 6.92 Å². The molecule has 2 N–H and O–H groups in total. The summed E-state index contributed by atoms with van der Waals surface area (Å²) in [5.74, 6) is -0.130. The molecule has 0 spiro atoms. The number of hydrogen-bond donors (Lipinski definition) is 2. The van der Waals surface area contributed by atoms with Crippen molar-refractivity contribution >= 4 is 5.97 Å². The third kappa shape index (κ3) is 6.39. The van der Waals surface area contributed by atoms with Crippen LogP contribution in [0.2, 0.25) is 0 Å². The predicted octanol–water partition coefficient (Wildman–Crippen LogP) is 2.59. The average molecular weight is 272 g/mol. The summed E-state index contributed by atoms with van der Waals surface area (Å²) in [7, 11) is 2.11. The Labute approximate surface area is 118 Å². The SMILES string of the molecule is CCCNC(C)(CCCN(C)C(C)C(C)C)C(=O)O. The number of carbonyl (C=O) groups is 1. The minimum absolute atomic E-state index is 0.527. The molecular formula is C15H32N2O2. The van der Waals surface area contributed by atoms with Gasteiger partial charge in [0.05, 0.1) is 0 Å². The van der Waals surface area contributed by atoms with Crippen molar-refractivity contribution < 1.29 is 9.90 Å². The van der Waals surface area contributed by atoms with Gasteiger partial charge in [0.15, 0.2) is 0 Å². The second-order valence-electron chi connectivity index (χ2n) is 6.13. The van der Waals surface area contributed by atoms with Crippen LogP contribution >= 0.6 is 0 Å². The van der Waals surface area contributed by atoms with Crippen LogP contribution in [-0.2, 0) is 4.79 Å². The molecule has 2 atom stereocenters. The first-order valence-electron chi connectivity index (χ1n) is 7.43. The fraction of sp³-hybridized carbons (Fsp3) is 0.933. The Morgan fingerprint density at radius 3 is 2.37 bits per heavy atom. The summed E-state index contributed by atoms with van der Waals surface area (Å²) in [6.45, 7) is 12.2. The molecule has 0 aromatic carbocycles. The van der Waals surface area contributed by atoms with Crippen molar-refractivity contribution in [3.05, 3.63) is 0 Å². The molecule has 0 aromatic heterocycles. The van der Waals surface area contributed by atoms with Crippen molar-refractivity contribution in [1.82, 2.24) is 10.2 Å². The maximum Gasteiger partial charge on any atom is 0.323 e. The molecule has 0 saturated heterocycles. The van der Waals surface area contributed by atoms with Gasteiger partial charge >= 0.3 is 5.97 Å². The number of carboxylic acid groups (broad SMARTS) is 1. The van der Waals surface area contributed by atoms with E-state index in [0.29, 0.717) is 18.4 Å². The van der Waals surface area contributed by atoms with Gasteiger partial charge in [-0.25, -0.2) is 0 Å². The van der Waals surface area contributed by atoms with Gasteiger partial charge in [-0.05, 0) is 59.2 Å². The lowest BCUT2D eigenvalue weighted by molar-refractivity contribution is -0.144. The third-order valence-electron chi connectivity index (χ3n) is 4.08. The normalized spacial score (nSPS) is 16.6. The van der Waals surface area contributed by atoms with Gasteiger partial charge < -0.3 is 15.3 Å². The van der Waals surface area contributed by atoms with Crippen LogP contribution in [0.4, 0.5) is 0 Å². The van der Waals surface area contributed by atoms with E-state index in [-0.39, 0.29) is 0 Å². The molecule has 4 heteroatoms. The van der Waals surface area contributed by atoms with Crippen molar-refractivity contribution in [2.45, 2.75) is 65.5 Å². The van der Waals surface area contributed by atoms with E-state index in [4.69, 9.17) is 0 Å². The van der Waals surface area contributed by atoms with Crippen LogP contribution in [0.15, 0.2) is 0 Å². The highest BCUT2D eigenvalue weighted by molar-refractivity contribution is 5.78.